The van der Waals surface area contributed by atoms with Crippen LogP contribution in [0.15, 0.2) is 0 Å². The molecule has 0 aromatic rings. The van der Waals surface area contributed by atoms with Crippen LogP contribution in [-0.2, 0) is 0 Å². The minimum Gasteiger partial charge on any atom is -0.309 e. The summed E-state index contributed by atoms with van der Waals surface area (Å²) in [6, 6.07) is 0. The van der Waals surface area contributed by atoms with E-state index in [9.17, 15) is 0 Å². The van der Waals surface area contributed by atoms with Gasteiger partial charge in [-0.05, 0) is 62.7 Å². The van der Waals surface area contributed by atoms with E-state index in [0.717, 1.165) is 23.7 Å². The zero-order chi connectivity index (χ0) is 12.2. The van der Waals surface area contributed by atoms with E-state index >= 15 is 0 Å². The SMILES string of the molecule is CC1(C2CC2)CN(CC2CC3CCC2C3)CCN1. The van der Waals surface area contributed by atoms with Crippen LogP contribution in [0.2, 0.25) is 0 Å². The van der Waals surface area contributed by atoms with Crippen molar-refractivity contribution in [2.24, 2.45) is 23.7 Å². The highest BCUT2D eigenvalue weighted by atomic mass is 15.2. The van der Waals surface area contributed by atoms with Crippen LogP contribution in [-0.4, -0.2) is 36.6 Å². The van der Waals surface area contributed by atoms with Gasteiger partial charge in [0.1, 0.15) is 0 Å². The van der Waals surface area contributed by atoms with Gasteiger partial charge in [-0.3, -0.25) is 4.90 Å². The normalized spacial score (nSPS) is 48.8. The number of fused-ring (bicyclic) bond motifs is 2. The summed E-state index contributed by atoms with van der Waals surface area (Å²) in [6.45, 7) is 7.69. The summed E-state index contributed by atoms with van der Waals surface area (Å²) in [4.78, 5) is 2.79. The maximum Gasteiger partial charge on any atom is 0.0309 e. The molecule has 1 N–H and O–H groups in total. The van der Waals surface area contributed by atoms with Crippen LogP contribution in [0, 0.1) is 23.7 Å². The summed E-state index contributed by atoms with van der Waals surface area (Å²) in [7, 11) is 0. The highest BCUT2D eigenvalue weighted by Gasteiger charge is 2.45. The third-order valence-corrected chi connectivity index (χ3v) is 6.36. The predicted octanol–water partition coefficient (Wildman–Crippen LogP) is 2.50. The Morgan fingerprint density at radius 3 is 2.72 bits per heavy atom. The molecule has 3 aliphatic carbocycles. The van der Waals surface area contributed by atoms with Gasteiger partial charge in [0.2, 0.25) is 0 Å². The smallest absolute Gasteiger partial charge is 0.0309 e. The van der Waals surface area contributed by atoms with Crippen molar-refractivity contribution in [3.63, 3.8) is 0 Å². The fraction of sp³-hybridized carbons (Fsp3) is 1.00. The highest BCUT2D eigenvalue weighted by molar-refractivity contribution is 5.02. The van der Waals surface area contributed by atoms with Crippen LogP contribution in [0.25, 0.3) is 0 Å². The Morgan fingerprint density at radius 2 is 2.06 bits per heavy atom. The third-order valence-electron chi connectivity index (χ3n) is 6.36. The Morgan fingerprint density at radius 1 is 1.17 bits per heavy atom. The molecule has 1 heterocycles. The van der Waals surface area contributed by atoms with E-state index in [1.54, 1.807) is 25.7 Å². The van der Waals surface area contributed by atoms with Gasteiger partial charge >= 0.3 is 0 Å². The van der Waals surface area contributed by atoms with Crippen LogP contribution >= 0.6 is 0 Å². The van der Waals surface area contributed by atoms with Gasteiger partial charge in [0.15, 0.2) is 0 Å². The van der Waals surface area contributed by atoms with E-state index in [1.807, 2.05) is 0 Å². The number of nitrogens with one attached hydrogen (secondary N) is 1. The van der Waals surface area contributed by atoms with Gasteiger partial charge in [-0.1, -0.05) is 6.42 Å². The van der Waals surface area contributed by atoms with Crippen molar-refractivity contribution >= 4 is 0 Å². The molecule has 3 saturated carbocycles. The molecule has 0 radical (unpaired) electrons. The molecule has 2 bridgehead atoms. The first kappa shape index (κ1) is 11.7. The van der Waals surface area contributed by atoms with Gasteiger partial charge in [-0.15, -0.1) is 0 Å². The van der Waals surface area contributed by atoms with E-state index in [0.29, 0.717) is 5.54 Å². The molecule has 4 fully saturated rings. The fourth-order valence-electron chi connectivity index (χ4n) is 5.18. The van der Waals surface area contributed by atoms with Crippen molar-refractivity contribution in [3.8, 4) is 0 Å². The first-order chi connectivity index (χ1) is 8.73. The summed E-state index contributed by atoms with van der Waals surface area (Å²) >= 11 is 0. The zero-order valence-corrected chi connectivity index (χ0v) is 11.8. The number of rotatable bonds is 3. The predicted molar refractivity (Wildman–Crippen MR) is 74.5 cm³/mol. The summed E-state index contributed by atoms with van der Waals surface area (Å²) in [5.74, 6) is 4.22. The maximum atomic E-state index is 3.80. The van der Waals surface area contributed by atoms with Gasteiger partial charge in [-0.2, -0.15) is 0 Å². The number of hydrogen-bond donors (Lipinski definition) is 1. The van der Waals surface area contributed by atoms with E-state index in [1.165, 1.54) is 39.0 Å². The molecule has 2 heteroatoms. The minimum absolute atomic E-state index is 0.440. The van der Waals surface area contributed by atoms with Crippen LogP contribution < -0.4 is 5.32 Å². The summed E-state index contributed by atoms with van der Waals surface area (Å²) < 4.78 is 0. The van der Waals surface area contributed by atoms with E-state index in [2.05, 4.69) is 17.1 Å². The molecule has 18 heavy (non-hydrogen) atoms. The first-order valence-electron chi connectivity index (χ1n) is 8.20. The molecule has 0 spiro atoms. The lowest BCUT2D eigenvalue weighted by atomic mass is 9.87. The standard InChI is InChI=1S/C16H28N2/c1-16(15-4-5-15)11-18(7-6-17-16)10-14-9-12-2-3-13(14)8-12/h12-15,17H,2-11H2,1H3. The van der Waals surface area contributed by atoms with E-state index in [4.69, 9.17) is 0 Å². The molecule has 4 aliphatic rings. The lowest BCUT2D eigenvalue weighted by Gasteiger charge is -2.43. The van der Waals surface area contributed by atoms with Crippen molar-refractivity contribution in [3.05, 3.63) is 0 Å². The van der Waals surface area contributed by atoms with Gasteiger partial charge in [0, 0.05) is 31.7 Å². The highest BCUT2D eigenvalue weighted by Crippen LogP contribution is 2.49. The van der Waals surface area contributed by atoms with Crippen LogP contribution in [0.5, 0.6) is 0 Å². The quantitative estimate of drug-likeness (QED) is 0.825. The molecule has 4 unspecified atom stereocenters. The zero-order valence-electron chi connectivity index (χ0n) is 11.8. The van der Waals surface area contributed by atoms with Gasteiger partial charge in [-0.25, -0.2) is 0 Å². The summed E-state index contributed by atoms with van der Waals surface area (Å²) in [5, 5.41) is 3.80. The van der Waals surface area contributed by atoms with Crippen molar-refractivity contribution in [2.75, 3.05) is 26.2 Å². The van der Waals surface area contributed by atoms with E-state index < -0.39 is 0 Å². The molecule has 2 nitrogen and oxygen atoms in total. The average molecular weight is 248 g/mol. The fourth-order valence-corrected chi connectivity index (χ4v) is 5.18. The van der Waals surface area contributed by atoms with E-state index in [-0.39, 0.29) is 0 Å². The lowest BCUT2D eigenvalue weighted by Crippen LogP contribution is -2.60. The average Bonchev–Trinajstić information content (AvgIpc) is 3.03. The second-order valence-corrected chi connectivity index (χ2v) is 7.79. The second-order valence-electron chi connectivity index (χ2n) is 7.79. The Bertz CT molecular complexity index is 325. The molecule has 4 atom stereocenters. The van der Waals surface area contributed by atoms with Gasteiger partial charge < -0.3 is 5.32 Å². The van der Waals surface area contributed by atoms with Gasteiger partial charge in [0.25, 0.3) is 0 Å². The van der Waals surface area contributed by atoms with Gasteiger partial charge in [0.05, 0.1) is 0 Å². The molecule has 0 aromatic heterocycles. The first-order valence-corrected chi connectivity index (χ1v) is 8.20. The Kier molecular flexibility index (Phi) is 2.74. The molecular formula is C16H28N2. The molecule has 1 saturated heterocycles. The van der Waals surface area contributed by atoms with Crippen molar-refractivity contribution in [1.29, 1.82) is 0 Å². The summed E-state index contributed by atoms with van der Waals surface area (Å²) in [5.41, 5.74) is 0.440. The number of piperazine rings is 1. The third kappa shape index (κ3) is 2.02. The molecule has 0 amide bonds. The number of nitrogens with zero attached hydrogens (tertiary/aromatic N) is 1. The monoisotopic (exact) mass is 248 g/mol. The van der Waals surface area contributed by atoms with Crippen LogP contribution in [0.4, 0.5) is 0 Å². The topological polar surface area (TPSA) is 15.3 Å². The number of hydrogen-bond acceptors (Lipinski definition) is 2. The molecule has 0 aromatic carbocycles. The molecular weight excluding hydrogens is 220 g/mol. The molecule has 1 aliphatic heterocycles. The maximum absolute atomic E-state index is 3.80. The molecule has 102 valence electrons. The minimum atomic E-state index is 0.440. The Labute approximate surface area is 111 Å². The molecule has 4 rings (SSSR count). The Balaban J connectivity index is 1.37. The Hall–Kier alpha value is -0.0800. The largest absolute Gasteiger partial charge is 0.309 e. The van der Waals surface area contributed by atoms with Crippen LogP contribution in [0.1, 0.15) is 45.4 Å². The second kappa shape index (κ2) is 4.21. The summed E-state index contributed by atoms with van der Waals surface area (Å²) in [6.07, 6.45) is 9.13. The van der Waals surface area contributed by atoms with Crippen molar-refractivity contribution in [1.82, 2.24) is 10.2 Å². The van der Waals surface area contributed by atoms with Crippen LogP contribution in [0.3, 0.4) is 0 Å². The van der Waals surface area contributed by atoms with Crippen molar-refractivity contribution in [2.45, 2.75) is 51.0 Å². The lowest BCUT2D eigenvalue weighted by molar-refractivity contribution is 0.0990. The van der Waals surface area contributed by atoms with Crippen molar-refractivity contribution < 1.29 is 0 Å².